The number of carbonyl (C=O) groups excluding carboxylic acids is 1. The Balaban J connectivity index is 3.13. The number of hydrogen-bond donors (Lipinski definition) is 0. The molecule has 0 amide bonds. The molecule has 0 aliphatic rings. The Hall–Kier alpha value is -0.530. The Kier molecular flexibility index (Phi) is 18.1. The molecule has 0 aromatic heterocycles. The van der Waals surface area contributed by atoms with Gasteiger partial charge in [-0.05, 0) is 12.8 Å². The predicted molar refractivity (Wildman–Crippen MR) is 96.2 cm³/mol. The zero-order valence-corrected chi connectivity index (χ0v) is 15.3. The largest absolute Gasteiger partial charge is 0.466 e. The predicted octanol–water partition coefficient (Wildman–Crippen LogP) is 6.81. The average molecular weight is 313 g/mol. The summed E-state index contributed by atoms with van der Waals surface area (Å²) in [6.45, 7) is 5.11. The minimum absolute atomic E-state index is 0.0107. The Morgan fingerprint density at radius 2 is 1.00 bits per heavy atom. The van der Waals surface area contributed by atoms with Gasteiger partial charge in [-0.1, -0.05) is 97.3 Å². The van der Waals surface area contributed by atoms with Crippen molar-refractivity contribution >= 4 is 5.97 Å². The van der Waals surface area contributed by atoms with Gasteiger partial charge in [-0.25, -0.2) is 0 Å². The molecule has 132 valence electrons. The third-order valence-electron chi connectivity index (χ3n) is 4.25. The summed E-state index contributed by atoms with van der Waals surface area (Å²) in [6.07, 6.45) is 19.7. The van der Waals surface area contributed by atoms with Crippen LogP contribution in [0.5, 0.6) is 0 Å². The molecule has 0 aliphatic heterocycles. The molecule has 0 rings (SSSR count). The monoisotopic (exact) mass is 312 g/mol. The van der Waals surface area contributed by atoms with Crippen LogP contribution >= 0.6 is 0 Å². The van der Waals surface area contributed by atoms with E-state index in [9.17, 15) is 4.79 Å². The highest BCUT2D eigenvalue weighted by Gasteiger charge is 2.02. The van der Waals surface area contributed by atoms with Gasteiger partial charge < -0.3 is 4.74 Å². The lowest BCUT2D eigenvalue weighted by atomic mass is 10.1. The molecule has 2 heteroatoms. The number of unbranched alkanes of at least 4 members (excludes halogenated alkanes) is 13. The molecule has 0 fully saturated rings. The van der Waals surface area contributed by atoms with Gasteiger partial charge in [0.1, 0.15) is 0 Å². The van der Waals surface area contributed by atoms with Gasteiger partial charge in [0, 0.05) is 6.42 Å². The molecule has 0 saturated carbocycles. The van der Waals surface area contributed by atoms with E-state index in [4.69, 9.17) is 4.74 Å². The second kappa shape index (κ2) is 18.5. The van der Waals surface area contributed by atoms with Crippen LogP contribution in [0.15, 0.2) is 0 Å². The number of carbonyl (C=O) groups is 1. The Morgan fingerprint density at radius 1 is 0.591 bits per heavy atom. The lowest BCUT2D eigenvalue weighted by Crippen LogP contribution is -2.05. The molecular formula is C20H40O2. The first-order valence-corrected chi connectivity index (χ1v) is 9.96. The van der Waals surface area contributed by atoms with Gasteiger partial charge in [0.15, 0.2) is 0 Å². The fraction of sp³-hybridized carbons (Fsp3) is 0.950. The topological polar surface area (TPSA) is 26.3 Å². The SMILES string of the molecule is CCCCCCCCCCCC(=O)OCCCCCCCC. The zero-order chi connectivity index (χ0) is 16.3. The molecule has 0 saturated heterocycles. The molecule has 2 nitrogen and oxygen atoms in total. The van der Waals surface area contributed by atoms with Gasteiger partial charge >= 0.3 is 5.97 Å². The first-order chi connectivity index (χ1) is 10.8. The summed E-state index contributed by atoms with van der Waals surface area (Å²) in [4.78, 5) is 11.6. The molecule has 0 unspecified atom stereocenters. The molecule has 0 atom stereocenters. The smallest absolute Gasteiger partial charge is 0.305 e. The molecule has 0 radical (unpaired) electrons. The summed E-state index contributed by atoms with van der Waals surface area (Å²) in [5.41, 5.74) is 0. The standard InChI is InChI=1S/C20H40O2/c1-3-5-7-9-11-12-13-14-16-18-20(21)22-19-17-15-10-8-6-4-2/h3-19H2,1-2H3. The lowest BCUT2D eigenvalue weighted by Gasteiger charge is -2.05. The summed E-state index contributed by atoms with van der Waals surface area (Å²) in [6, 6.07) is 0. The van der Waals surface area contributed by atoms with E-state index in [1.54, 1.807) is 0 Å². The van der Waals surface area contributed by atoms with Crippen molar-refractivity contribution < 1.29 is 9.53 Å². The number of esters is 1. The number of hydrogen-bond acceptors (Lipinski definition) is 2. The highest BCUT2D eigenvalue weighted by molar-refractivity contribution is 5.69. The van der Waals surface area contributed by atoms with Crippen molar-refractivity contribution in [2.24, 2.45) is 0 Å². The fourth-order valence-electron chi connectivity index (χ4n) is 2.72. The van der Waals surface area contributed by atoms with E-state index in [2.05, 4.69) is 13.8 Å². The summed E-state index contributed by atoms with van der Waals surface area (Å²) < 4.78 is 5.28. The van der Waals surface area contributed by atoms with E-state index in [0.29, 0.717) is 13.0 Å². The maximum Gasteiger partial charge on any atom is 0.305 e. The molecule has 0 N–H and O–H groups in total. The van der Waals surface area contributed by atoms with Crippen LogP contribution in [0.1, 0.15) is 117 Å². The Labute approximate surface area is 139 Å². The molecule has 22 heavy (non-hydrogen) atoms. The minimum atomic E-state index is 0.0107. The quantitative estimate of drug-likeness (QED) is 0.218. The van der Waals surface area contributed by atoms with Crippen LogP contribution in [0.3, 0.4) is 0 Å². The van der Waals surface area contributed by atoms with Gasteiger partial charge in [-0.2, -0.15) is 0 Å². The van der Waals surface area contributed by atoms with Crippen molar-refractivity contribution in [3.05, 3.63) is 0 Å². The molecule has 0 aliphatic carbocycles. The van der Waals surface area contributed by atoms with E-state index in [1.807, 2.05) is 0 Å². The molecule has 0 heterocycles. The normalized spacial score (nSPS) is 10.8. The van der Waals surface area contributed by atoms with Gasteiger partial charge in [0.25, 0.3) is 0 Å². The van der Waals surface area contributed by atoms with Crippen molar-refractivity contribution in [2.75, 3.05) is 6.61 Å². The van der Waals surface area contributed by atoms with Gasteiger partial charge in [0.2, 0.25) is 0 Å². The summed E-state index contributed by atoms with van der Waals surface area (Å²) in [5, 5.41) is 0. The molecular weight excluding hydrogens is 272 g/mol. The Bertz CT molecular complexity index is 226. The van der Waals surface area contributed by atoms with Gasteiger partial charge in [0.05, 0.1) is 6.61 Å². The molecule has 0 spiro atoms. The number of rotatable bonds is 17. The first kappa shape index (κ1) is 21.5. The van der Waals surface area contributed by atoms with E-state index in [0.717, 1.165) is 12.8 Å². The van der Waals surface area contributed by atoms with Crippen LogP contribution in [0.4, 0.5) is 0 Å². The highest BCUT2D eigenvalue weighted by Crippen LogP contribution is 2.11. The van der Waals surface area contributed by atoms with E-state index in [-0.39, 0.29) is 5.97 Å². The lowest BCUT2D eigenvalue weighted by molar-refractivity contribution is -0.143. The Morgan fingerprint density at radius 3 is 1.50 bits per heavy atom. The average Bonchev–Trinajstić information content (AvgIpc) is 2.52. The maximum atomic E-state index is 11.6. The minimum Gasteiger partial charge on any atom is -0.466 e. The van der Waals surface area contributed by atoms with E-state index in [1.165, 1.54) is 83.5 Å². The summed E-state index contributed by atoms with van der Waals surface area (Å²) in [7, 11) is 0. The van der Waals surface area contributed by atoms with Crippen LogP contribution in [0.2, 0.25) is 0 Å². The molecule has 0 aromatic carbocycles. The van der Waals surface area contributed by atoms with Gasteiger partial charge in [-0.3, -0.25) is 4.79 Å². The fourth-order valence-corrected chi connectivity index (χ4v) is 2.72. The van der Waals surface area contributed by atoms with Crippen molar-refractivity contribution in [1.29, 1.82) is 0 Å². The van der Waals surface area contributed by atoms with E-state index < -0.39 is 0 Å². The van der Waals surface area contributed by atoms with Crippen LogP contribution in [-0.2, 0) is 9.53 Å². The van der Waals surface area contributed by atoms with Crippen molar-refractivity contribution in [3.63, 3.8) is 0 Å². The maximum absolute atomic E-state index is 11.6. The van der Waals surface area contributed by atoms with Crippen molar-refractivity contribution in [2.45, 2.75) is 117 Å². The van der Waals surface area contributed by atoms with Crippen LogP contribution < -0.4 is 0 Å². The third-order valence-corrected chi connectivity index (χ3v) is 4.25. The highest BCUT2D eigenvalue weighted by atomic mass is 16.5. The molecule has 0 aromatic rings. The second-order valence-corrected chi connectivity index (χ2v) is 6.57. The van der Waals surface area contributed by atoms with Crippen LogP contribution in [0.25, 0.3) is 0 Å². The second-order valence-electron chi connectivity index (χ2n) is 6.57. The van der Waals surface area contributed by atoms with Crippen LogP contribution in [-0.4, -0.2) is 12.6 Å². The van der Waals surface area contributed by atoms with Crippen LogP contribution in [0, 0.1) is 0 Å². The summed E-state index contributed by atoms with van der Waals surface area (Å²) >= 11 is 0. The van der Waals surface area contributed by atoms with Crippen molar-refractivity contribution in [3.8, 4) is 0 Å². The van der Waals surface area contributed by atoms with Crippen molar-refractivity contribution in [1.82, 2.24) is 0 Å². The summed E-state index contributed by atoms with van der Waals surface area (Å²) in [5.74, 6) is 0.0107. The first-order valence-electron chi connectivity index (χ1n) is 9.96. The third kappa shape index (κ3) is 17.5. The number of ether oxygens (including phenoxy) is 1. The van der Waals surface area contributed by atoms with E-state index >= 15 is 0 Å². The zero-order valence-electron chi connectivity index (χ0n) is 15.3. The van der Waals surface area contributed by atoms with Gasteiger partial charge in [-0.15, -0.1) is 0 Å². The molecule has 0 bridgehead atoms.